The van der Waals surface area contributed by atoms with Crippen LogP contribution in [0.1, 0.15) is 17.2 Å². The smallest absolute Gasteiger partial charge is 0.142 e. The lowest BCUT2D eigenvalue weighted by Crippen LogP contribution is -2.03. The average molecular weight is 331 g/mol. The quantitative estimate of drug-likeness (QED) is 0.925. The Balaban J connectivity index is 2.21. The first-order chi connectivity index (χ1) is 8.58. The van der Waals surface area contributed by atoms with Crippen LogP contribution in [-0.4, -0.2) is 10.1 Å². The lowest BCUT2D eigenvalue weighted by Gasteiger charge is -2.12. The van der Waals surface area contributed by atoms with Gasteiger partial charge in [0.05, 0.1) is 11.1 Å². The van der Waals surface area contributed by atoms with Gasteiger partial charge in [-0.1, -0.05) is 23.7 Å². The van der Waals surface area contributed by atoms with Gasteiger partial charge < -0.3 is 5.11 Å². The number of nitrogens with zero attached hydrogens (tertiary/aromatic N) is 1. The maximum atomic E-state index is 13.3. The number of aromatic nitrogens is 1. The van der Waals surface area contributed by atoms with Crippen molar-refractivity contribution >= 4 is 27.5 Å². The molecule has 0 aliphatic rings. The molecule has 1 atom stereocenters. The Morgan fingerprint density at radius 1 is 1.39 bits per heavy atom. The summed E-state index contributed by atoms with van der Waals surface area (Å²) in [6.07, 6.45) is 2.68. The summed E-state index contributed by atoms with van der Waals surface area (Å²) in [5.41, 5.74) is 1.23. The predicted octanol–water partition coefficient (Wildman–Crippen LogP) is 3.91. The van der Waals surface area contributed by atoms with Gasteiger partial charge in [-0.3, -0.25) is 4.98 Å². The summed E-state index contributed by atoms with van der Waals surface area (Å²) in [6.45, 7) is 0. The van der Waals surface area contributed by atoms with E-state index in [-0.39, 0.29) is 11.4 Å². The molecule has 0 fully saturated rings. The van der Waals surface area contributed by atoms with Crippen molar-refractivity contribution in [1.29, 1.82) is 0 Å². The van der Waals surface area contributed by atoms with Crippen LogP contribution in [0, 0.1) is 5.82 Å². The highest BCUT2D eigenvalue weighted by Gasteiger charge is 2.13. The van der Waals surface area contributed by atoms with E-state index in [4.69, 9.17) is 11.6 Å². The zero-order chi connectivity index (χ0) is 13.1. The van der Waals surface area contributed by atoms with Crippen molar-refractivity contribution < 1.29 is 9.50 Å². The Bertz CT molecular complexity index is 564. The van der Waals surface area contributed by atoms with Crippen LogP contribution >= 0.6 is 27.5 Å². The van der Waals surface area contributed by atoms with Crippen molar-refractivity contribution in [3.8, 4) is 0 Å². The monoisotopic (exact) mass is 329 g/mol. The Labute approximate surface area is 118 Å². The number of pyridine rings is 1. The van der Waals surface area contributed by atoms with Gasteiger partial charge in [0, 0.05) is 28.9 Å². The normalized spacial score (nSPS) is 12.4. The van der Waals surface area contributed by atoms with Gasteiger partial charge in [0.1, 0.15) is 5.82 Å². The standard InChI is InChI=1S/C13H10BrClFNO/c14-10-4-9(6-17-7-10)12(18)5-8-2-1-3-11(16)13(8)15/h1-4,6-7,12,18H,5H2. The van der Waals surface area contributed by atoms with Gasteiger partial charge in [0.25, 0.3) is 0 Å². The highest BCUT2D eigenvalue weighted by atomic mass is 79.9. The molecule has 2 rings (SSSR count). The van der Waals surface area contributed by atoms with Gasteiger partial charge in [-0.2, -0.15) is 0 Å². The molecule has 2 nitrogen and oxygen atoms in total. The summed E-state index contributed by atoms with van der Waals surface area (Å²) in [7, 11) is 0. The van der Waals surface area contributed by atoms with E-state index >= 15 is 0 Å². The highest BCUT2D eigenvalue weighted by molar-refractivity contribution is 9.10. The third-order valence-corrected chi connectivity index (χ3v) is 3.41. The Morgan fingerprint density at radius 3 is 2.89 bits per heavy atom. The second kappa shape index (κ2) is 5.78. The third kappa shape index (κ3) is 3.07. The Hall–Kier alpha value is -0.970. The first-order valence-electron chi connectivity index (χ1n) is 5.29. The van der Waals surface area contributed by atoms with Crippen LogP contribution in [0.3, 0.4) is 0 Å². The molecular formula is C13H10BrClFNO. The molecule has 94 valence electrons. The van der Waals surface area contributed by atoms with Crippen LogP contribution in [0.15, 0.2) is 41.1 Å². The van der Waals surface area contributed by atoms with Gasteiger partial charge in [0.2, 0.25) is 0 Å². The predicted molar refractivity (Wildman–Crippen MR) is 72.0 cm³/mol. The van der Waals surface area contributed by atoms with Crippen LogP contribution in [0.4, 0.5) is 4.39 Å². The molecule has 2 aromatic rings. The van der Waals surface area contributed by atoms with Gasteiger partial charge in [0.15, 0.2) is 0 Å². The van der Waals surface area contributed by atoms with Gasteiger partial charge in [-0.25, -0.2) is 4.39 Å². The van der Waals surface area contributed by atoms with E-state index in [2.05, 4.69) is 20.9 Å². The molecule has 5 heteroatoms. The fraction of sp³-hybridized carbons (Fsp3) is 0.154. The molecule has 0 radical (unpaired) electrons. The van der Waals surface area contributed by atoms with E-state index < -0.39 is 11.9 Å². The van der Waals surface area contributed by atoms with Crippen LogP contribution in [-0.2, 0) is 6.42 Å². The van der Waals surface area contributed by atoms with Gasteiger partial charge in [-0.15, -0.1) is 0 Å². The molecule has 1 heterocycles. The summed E-state index contributed by atoms with van der Waals surface area (Å²) in [5, 5.41) is 10.1. The Kier molecular flexibility index (Phi) is 4.32. The third-order valence-electron chi connectivity index (χ3n) is 2.56. The van der Waals surface area contributed by atoms with Crippen LogP contribution in [0.25, 0.3) is 0 Å². The van der Waals surface area contributed by atoms with E-state index in [9.17, 15) is 9.50 Å². The molecule has 1 unspecified atom stereocenters. The lowest BCUT2D eigenvalue weighted by atomic mass is 10.0. The van der Waals surface area contributed by atoms with E-state index in [0.717, 1.165) is 4.47 Å². The number of aliphatic hydroxyl groups is 1. The molecule has 0 aliphatic carbocycles. The first-order valence-corrected chi connectivity index (χ1v) is 6.46. The molecule has 1 aromatic carbocycles. The number of halogens is 3. The van der Waals surface area contributed by atoms with E-state index in [1.165, 1.54) is 6.07 Å². The fourth-order valence-electron chi connectivity index (χ4n) is 1.64. The van der Waals surface area contributed by atoms with E-state index in [1.54, 1.807) is 30.6 Å². The van der Waals surface area contributed by atoms with Crippen molar-refractivity contribution in [2.24, 2.45) is 0 Å². The van der Waals surface area contributed by atoms with Crippen molar-refractivity contribution in [3.05, 3.63) is 63.1 Å². The number of rotatable bonds is 3. The summed E-state index contributed by atoms with van der Waals surface area (Å²) in [6, 6.07) is 6.33. The molecule has 0 aliphatic heterocycles. The zero-order valence-corrected chi connectivity index (χ0v) is 11.6. The maximum Gasteiger partial charge on any atom is 0.142 e. The van der Waals surface area contributed by atoms with Crippen molar-refractivity contribution in [2.45, 2.75) is 12.5 Å². The summed E-state index contributed by atoms with van der Waals surface area (Å²) >= 11 is 9.13. The number of hydrogen-bond acceptors (Lipinski definition) is 2. The summed E-state index contributed by atoms with van der Waals surface area (Å²) in [4.78, 5) is 3.97. The minimum atomic E-state index is -0.769. The van der Waals surface area contributed by atoms with Crippen molar-refractivity contribution in [1.82, 2.24) is 4.98 Å². The second-order valence-corrected chi connectivity index (χ2v) is 5.16. The molecule has 0 bridgehead atoms. The fourth-order valence-corrected chi connectivity index (χ4v) is 2.23. The largest absolute Gasteiger partial charge is 0.388 e. The number of benzene rings is 1. The van der Waals surface area contributed by atoms with Crippen LogP contribution < -0.4 is 0 Å². The molecule has 0 spiro atoms. The second-order valence-electron chi connectivity index (χ2n) is 3.87. The lowest BCUT2D eigenvalue weighted by molar-refractivity contribution is 0.178. The molecule has 1 N–H and O–H groups in total. The zero-order valence-electron chi connectivity index (χ0n) is 9.28. The molecule has 18 heavy (non-hydrogen) atoms. The SMILES string of the molecule is OC(Cc1cccc(F)c1Cl)c1cncc(Br)c1. The topological polar surface area (TPSA) is 33.1 Å². The van der Waals surface area contributed by atoms with E-state index in [0.29, 0.717) is 11.1 Å². The first kappa shape index (κ1) is 13.5. The molecule has 0 saturated heterocycles. The summed E-state index contributed by atoms with van der Waals surface area (Å²) in [5.74, 6) is -0.478. The average Bonchev–Trinajstić information content (AvgIpc) is 2.35. The molecule has 0 amide bonds. The molecular weight excluding hydrogens is 321 g/mol. The maximum absolute atomic E-state index is 13.3. The van der Waals surface area contributed by atoms with Crippen molar-refractivity contribution in [3.63, 3.8) is 0 Å². The Morgan fingerprint density at radius 2 is 2.17 bits per heavy atom. The van der Waals surface area contributed by atoms with E-state index in [1.807, 2.05) is 0 Å². The highest BCUT2D eigenvalue weighted by Crippen LogP contribution is 2.26. The van der Waals surface area contributed by atoms with Crippen LogP contribution in [0.2, 0.25) is 5.02 Å². The minimum Gasteiger partial charge on any atom is -0.388 e. The number of aliphatic hydroxyl groups excluding tert-OH is 1. The van der Waals surface area contributed by atoms with Crippen LogP contribution in [0.5, 0.6) is 0 Å². The van der Waals surface area contributed by atoms with Gasteiger partial charge in [-0.05, 0) is 33.6 Å². The molecule has 0 saturated carbocycles. The van der Waals surface area contributed by atoms with Gasteiger partial charge >= 0.3 is 0 Å². The van der Waals surface area contributed by atoms with Crippen molar-refractivity contribution in [2.75, 3.05) is 0 Å². The minimum absolute atomic E-state index is 0.0551. The number of hydrogen-bond donors (Lipinski definition) is 1. The molecule has 1 aromatic heterocycles. The summed E-state index contributed by atoms with van der Waals surface area (Å²) < 4.78 is 14.0.